The lowest BCUT2D eigenvalue weighted by Crippen LogP contribution is -2.48. The SMILES string of the molecule is CC(C)n1ncc2c(C(=O)N(C)C3CC4CCC(C3)N4)cc(-c3ccco3)nc21.Cl.Cl. The highest BCUT2D eigenvalue weighted by Gasteiger charge is 2.37. The van der Waals surface area contributed by atoms with Crippen molar-refractivity contribution in [2.24, 2.45) is 0 Å². The number of hydrogen-bond acceptors (Lipinski definition) is 5. The number of amides is 1. The van der Waals surface area contributed by atoms with E-state index < -0.39 is 0 Å². The summed E-state index contributed by atoms with van der Waals surface area (Å²) < 4.78 is 7.43. The summed E-state index contributed by atoms with van der Waals surface area (Å²) in [5.74, 6) is 0.680. The summed E-state index contributed by atoms with van der Waals surface area (Å²) in [5.41, 5.74) is 2.02. The highest BCUT2D eigenvalue weighted by Crippen LogP contribution is 2.32. The van der Waals surface area contributed by atoms with Crippen LogP contribution < -0.4 is 5.32 Å². The van der Waals surface area contributed by atoms with Crippen LogP contribution in [-0.4, -0.2) is 50.7 Å². The molecule has 0 radical (unpaired) electrons. The first-order valence-electron chi connectivity index (χ1n) is 10.5. The summed E-state index contributed by atoms with van der Waals surface area (Å²) in [6.07, 6.45) is 7.85. The summed E-state index contributed by atoms with van der Waals surface area (Å²) in [7, 11) is 1.93. The third kappa shape index (κ3) is 4.19. The molecule has 2 fully saturated rings. The standard InChI is InChI=1S/C22H27N5O2.2ClH/c1-13(2)27-21-18(12-23-27)17(11-19(25-21)20-5-4-8-29-20)22(28)26(3)16-9-14-6-7-15(10-16)24-14;;/h4-5,8,11-16,24H,6-7,9-10H2,1-3H3;2*1H. The van der Waals surface area contributed by atoms with Crippen LogP contribution in [0.1, 0.15) is 55.9 Å². The highest BCUT2D eigenvalue weighted by atomic mass is 35.5. The Morgan fingerprint density at radius 2 is 1.97 bits per heavy atom. The average molecular weight is 466 g/mol. The summed E-state index contributed by atoms with van der Waals surface area (Å²) in [6.45, 7) is 4.12. The maximum absolute atomic E-state index is 13.6. The van der Waals surface area contributed by atoms with E-state index in [1.807, 2.05) is 34.8 Å². The van der Waals surface area contributed by atoms with Gasteiger partial charge >= 0.3 is 0 Å². The monoisotopic (exact) mass is 465 g/mol. The van der Waals surface area contributed by atoms with E-state index in [1.54, 1.807) is 12.5 Å². The van der Waals surface area contributed by atoms with Crippen molar-refractivity contribution < 1.29 is 9.21 Å². The van der Waals surface area contributed by atoms with Gasteiger partial charge in [0.15, 0.2) is 11.4 Å². The molecular formula is C22H29Cl2N5O2. The fraction of sp³-hybridized carbons (Fsp3) is 0.500. The van der Waals surface area contributed by atoms with E-state index in [-0.39, 0.29) is 42.8 Å². The number of carbonyl (C=O) groups excluding carboxylic acids is 1. The molecule has 0 saturated carbocycles. The molecule has 0 spiro atoms. The van der Waals surface area contributed by atoms with Crippen molar-refractivity contribution in [3.63, 3.8) is 0 Å². The number of rotatable bonds is 4. The number of halogens is 2. The van der Waals surface area contributed by atoms with Crippen LogP contribution in [0.2, 0.25) is 0 Å². The maximum Gasteiger partial charge on any atom is 0.254 e. The molecule has 2 aliphatic heterocycles. The second-order valence-corrected chi connectivity index (χ2v) is 8.63. The number of furan rings is 1. The van der Waals surface area contributed by atoms with Crippen LogP contribution in [0.25, 0.3) is 22.5 Å². The zero-order chi connectivity index (χ0) is 20.1. The van der Waals surface area contributed by atoms with Gasteiger partial charge in [-0.15, -0.1) is 24.8 Å². The predicted octanol–water partition coefficient (Wildman–Crippen LogP) is 4.47. The molecular weight excluding hydrogens is 437 g/mol. The van der Waals surface area contributed by atoms with E-state index in [2.05, 4.69) is 24.3 Å². The van der Waals surface area contributed by atoms with Crippen molar-refractivity contribution in [1.29, 1.82) is 0 Å². The first-order valence-corrected chi connectivity index (χ1v) is 10.5. The van der Waals surface area contributed by atoms with Crippen LogP contribution in [0, 0.1) is 0 Å². The van der Waals surface area contributed by atoms with Crippen LogP contribution in [0.15, 0.2) is 35.1 Å². The third-order valence-corrected chi connectivity index (χ3v) is 6.38. The van der Waals surface area contributed by atoms with Crippen LogP contribution in [-0.2, 0) is 0 Å². The minimum absolute atomic E-state index is 0. The van der Waals surface area contributed by atoms with Gasteiger partial charge in [-0.05, 0) is 57.7 Å². The molecule has 7 nitrogen and oxygen atoms in total. The van der Waals surface area contributed by atoms with E-state index in [4.69, 9.17) is 9.40 Å². The molecule has 1 amide bonds. The summed E-state index contributed by atoms with van der Waals surface area (Å²) >= 11 is 0. The van der Waals surface area contributed by atoms with E-state index in [0.717, 1.165) is 23.9 Å². The summed E-state index contributed by atoms with van der Waals surface area (Å²) in [6, 6.07) is 7.03. The molecule has 3 aromatic heterocycles. The van der Waals surface area contributed by atoms with Gasteiger partial charge < -0.3 is 14.6 Å². The van der Waals surface area contributed by atoms with Gasteiger partial charge in [-0.25, -0.2) is 9.67 Å². The second kappa shape index (κ2) is 9.18. The number of pyridine rings is 1. The van der Waals surface area contributed by atoms with Crippen LogP contribution in [0.5, 0.6) is 0 Å². The summed E-state index contributed by atoms with van der Waals surface area (Å²) in [4.78, 5) is 20.3. The summed E-state index contributed by atoms with van der Waals surface area (Å²) in [5, 5.41) is 8.96. The van der Waals surface area contributed by atoms with Crippen LogP contribution in [0.3, 0.4) is 0 Å². The molecule has 2 saturated heterocycles. The number of aromatic nitrogens is 3. The number of fused-ring (bicyclic) bond motifs is 3. The van der Waals surface area contributed by atoms with Gasteiger partial charge in [0.1, 0.15) is 5.69 Å². The number of hydrogen-bond donors (Lipinski definition) is 1. The van der Waals surface area contributed by atoms with Gasteiger partial charge in [-0.1, -0.05) is 0 Å². The minimum atomic E-state index is 0. The largest absolute Gasteiger partial charge is 0.463 e. The van der Waals surface area contributed by atoms with Gasteiger partial charge in [0, 0.05) is 31.2 Å². The fourth-order valence-electron chi connectivity index (χ4n) is 4.82. The van der Waals surface area contributed by atoms with Crippen molar-refractivity contribution >= 4 is 41.8 Å². The molecule has 5 heterocycles. The first-order chi connectivity index (χ1) is 14.0. The Balaban J connectivity index is 0.00000136. The Kier molecular flexibility index (Phi) is 6.98. The third-order valence-electron chi connectivity index (χ3n) is 6.38. The lowest BCUT2D eigenvalue weighted by atomic mass is 9.97. The van der Waals surface area contributed by atoms with Crippen molar-refractivity contribution in [2.75, 3.05) is 7.05 Å². The Hall–Kier alpha value is -2.09. The number of piperidine rings is 1. The van der Waals surface area contributed by atoms with Gasteiger partial charge in [-0.3, -0.25) is 4.79 Å². The molecule has 2 atom stereocenters. The van der Waals surface area contributed by atoms with E-state index >= 15 is 0 Å². The maximum atomic E-state index is 13.6. The van der Waals surface area contributed by atoms with Crippen LogP contribution in [0.4, 0.5) is 0 Å². The second-order valence-electron chi connectivity index (χ2n) is 8.63. The quantitative estimate of drug-likeness (QED) is 0.614. The van der Waals surface area contributed by atoms with E-state index in [9.17, 15) is 4.79 Å². The molecule has 1 N–H and O–H groups in total. The fourth-order valence-corrected chi connectivity index (χ4v) is 4.82. The zero-order valence-corrected chi connectivity index (χ0v) is 19.6. The van der Waals surface area contributed by atoms with Gasteiger partial charge in [0.05, 0.1) is 23.4 Å². The topological polar surface area (TPSA) is 76.2 Å². The van der Waals surface area contributed by atoms with Gasteiger partial charge in [0.25, 0.3) is 5.91 Å². The zero-order valence-electron chi connectivity index (χ0n) is 17.9. The molecule has 2 aliphatic rings. The Morgan fingerprint density at radius 1 is 1.26 bits per heavy atom. The number of nitrogens with one attached hydrogen (secondary N) is 1. The van der Waals surface area contributed by atoms with Crippen LogP contribution >= 0.6 is 24.8 Å². The molecule has 2 unspecified atom stereocenters. The minimum Gasteiger partial charge on any atom is -0.463 e. The van der Waals surface area contributed by atoms with Crippen molar-refractivity contribution in [3.8, 4) is 11.5 Å². The van der Waals surface area contributed by atoms with Crippen molar-refractivity contribution in [2.45, 2.75) is 63.7 Å². The number of carbonyl (C=O) groups is 1. The lowest BCUT2D eigenvalue weighted by Gasteiger charge is -2.35. The normalized spacial score (nSPS) is 22.3. The lowest BCUT2D eigenvalue weighted by molar-refractivity contribution is 0.0683. The molecule has 2 bridgehead atoms. The number of nitrogens with zero attached hydrogens (tertiary/aromatic N) is 4. The highest BCUT2D eigenvalue weighted by molar-refractivity contribution is 6.06. The Morgan fingerprint density at radius 3 is 2.58 bits per heavy atom. The molecule has 0 aliphatic carbocycles. The van der Waals surface area contributed by atoms with Crippen molar-refractivity contribution in [1.82, 2.24) is 25.0 Å². The molecule has 3 aromatic rings. The molecule has 9 heteroatoms. The first kappa shape index (κ1) is 23.6. The Bertz CT molecular complexity index is 1040. The molecule has 168 valence electrons. The average Bonchev–Trinajstić information content (AvgIpc) is 3.45. The van der Waals surface area contributed by atoms with E-state index in [0.29, 0.717) is 29.1 Å². The molecule has 31 heavy (non-hydrogen) atoms. The Labute approximate surface area is 194 Å². The molecule has 5 rings (SSSR count). The smallest absolute Gasteiger partial charge is 0.254 e. The van der Waals surface area contributed by atoms with Gasteiger partial charge in [-0.2, -0.15) is 5.10 Å². The van der Waals surface area contributed by atoms with Gasteiger partial charge in [0.2, 0.25) is 0 Å². The predicted molar refractivity (Wildman–Crippen MR) is 125 cm³/mol. The van der Waals surface area contributed by atoms with Crippen molar-refractivity contribution in [3.05, 3.63) is 36.2 Å². The van der Waals surface area contributed by atoms with E-state index in [1.165, 1.54) is 12.8 Å². The molecule has 0 aromatic carbocycles.